The fraction of sp³-hybridized carbons (Fsp3) is 0.467. The van der Waals surface area contributed by atoms with Crippen molar-refractivity contribution < 1.29 is 19.6 Å². The molecule has 2 rings (SSSR count). The van der Waals surface area contributed by atoms with E-state index in [-0.39, 0.29) is 29.4 Å². The third-order valence-corrected chi connectivity index (χ3v) is 4.08. The fourth-order valence-corrected chi connectivity index (χ4v) is 2.99. The van der Waals surface area contributed by atoms with Gasteiger partial charge in [0.25, 0.3) is 5.69 Å². The van der Waals surface area contributed by atoms with E-state index >= 15 is 0 Å². The Hall–Kier alpha value is -2.24. The molecule has 0 bridgehead atoms. The zero-order valence-corrected chi connectivity index (χ0v) is 11.5. The Morgan fingerprint density at radius 1 is 1.24 bits per heavy atom. The van der Waals surface area contributed by atoms with Crippen LogP contribution in [0.4, 0.5) is 5.69 Å². The number of hydrogen-bond acceptors (Lipinski definition) is 4. The van der Waals surface area contributed by atoms with Gasteiger partial charge in [0.1, 0.15) is 0 Å². The minimum absolute atomic E-state index is 0.0574. The number of carbonyl (C=O) groups excluding carboxylic acids is 1. The molecule has 0 spiro atoms. The number of nitrogens with zero attached hydrogens (tertiary/aromatic N) is 1. The lowest BCUT2D eigenvalue weighted by atomic mass is 9.76. The zero-order chi connectivity index (χ0) is 15.4. The summed E-state index contributed by atoms with van der Waals surface area (Å²) in [5.74, 6) is -1.98. The topological polar surface area (TPSA) is 97.5 Å². The Morgan fingerprint density at radius 3 is 2.57 bits per heavy atom. The molecule has 21 heavy (non-hydrogen) atoms. The first-order valence-electron chi connectivity index (χ1n) is 7.00. The van der Waals surface area contributed by atoms with Crippen LogP contribution < -0.4 is 0 Å². The van der Waals surface area contributed by atoms with Crippen molar-refractivity contribution in [2.24, 2.45) is 11.8 Å². The molecule has 0 saturated heterocycles. The quantitative estimate of drug-likeness (QED) is 0.510. The van der Waals surface area contributed by atoms with Gasteiger partial charge in [-0.2, -0.15) is 0 Å². The first-order chi connectivity index (χ1) is 10.0. The van der Waals surface area contributed by atoms with Crippen molar-refractivity contribution in [3.8, 4) is 0 Å². The van der Waals surface area contributed by atoms with Gasteiger partial charge in [-0.15, -0.1) is 0 Å². The summed E-state index contributed by atoms with van der Waals surface area (Å²) in [4.78, 5) is 33.9. The predicted octanol–water partition coefficient (Wildman–Crippen LogP) is 3.06. The van der Waals surface area contributed by atoms with Crippen LogP contribution in [0, 0.1) is 22.0 Å². The molecular formula is C15H17NO5. The molecule has 0 heterocycles. The minimum Gasteiger partial charge on any atom is -0.481 e. The summed E-state index contributed by atoms with van der Waals surface area (Å²) in [7, 11) is 0. The highest BCUT2D eigenvalue weighted by Crippen LogP contribution is 2.34. The maximum Gasteiger partial charge on any atom is 0.306 e. The molecule has 1 aliphatic rings. The normalized spacial score (nSPS) is 21.7. The van der Waals surface area contributed by atoms with Gasteiger partial charge in [-0.1, -0.05) is 25.0 Å². The average molecular weight is 291 g/mol. The van der Waals surface area contributed by atoms with Crippen LogP contribution >= 0.6 is 0 Å². The van der Waals surface area contributed by atoms with E-state index in [2.05, 4.69) is 0 Å². The number of Topliss-reactive ketones (excluding diaryl/α,β-unsaturated/α-hetero) is 1. The Kier molecular flexibility index (Phi) is 4.67. The van der Waals surface area contributed by atoms with Gasteiger partial charge in [0, 0.05) is 12.5 Å². The number of nitro benzene ring substituents is 1. The summed E-state index contributed by atoms with van der Waals surface area (Å²) < 4.78 is 0. The van der Waals surface area contributed by atoms with Crippen molar-refractivity contribution >= 4 is 17.4 Å². The van der Waals surface area contributed by atoms with Crippen LogP contribution in [-0.2, 0) is 4.79 Å². The van der Waals surface area contributed by atoms with Crippen molar-refractivity contribution in [3.05, 3.63) is 39.9 Å². The summed E-state index contributed by atoms with van der Waals surface area (Å²) in [5, 5.41) is 20.2. The molecule has 0 unspecified atom stereocenters. The Labute approximate surface area is 121 Å². The molecule has 1 fully saturated rings. The number of benzene rings is 1. The summed E-state index contributed by atoms with van der Waals surface area (Å²) in [6, 6.07) is 5.81. The van der Waals surface area contributed by atoms with Gasteiger partial charge in [0.2, 0.25) is 0 Å². The van der Waals surface area contributed by atoms with E-state index in [0.717, 1.165) is 12.8 Å². The molecular weight excluding hydrogens is 274 g/mol. The Balaban J connectivity index is 2.17. The molecule has 1 aromatic carbocycles. The number of carboxylic acids is 1. The number of carbonyl (C=O) groups is 2. The van der Waals surface area contributed by atoms with E-state index in [0.29, 0.717) is 12.8 Å². The van der Waals surface area contributed by atoms with Crippen LogP contribution in [0.3, 0.4) is 0 Å². The third kappa shape index (κ3) is 3.45. The van der Waals surface area contributed by atoms with Gasteiger partial charge >= 0.3 is 5.97 Å². The second-order valence-electron chi connectivity index (χ2n) is 5.39. The third-order valence-electron chi connectivity index (χ3n) is 4.08. The van der Waals surface area contributed by atoms with E-state index in [1.165, 1.54) is 18.2 Å². The molecule has 1 aliphatic carbocycles. The number of aliphatic carboxylic acids is 1. The Morgan fingerprint density at radius 2 is 1.90 bits per heavy atom. The van der Waals surface area contributed by atoms with Gasteiger partial charge in [-0.05, 0) is 24.8 Å². The van der Waals surface area contributed by atoms with E-state index in [9.17, 15) is 24.8 Å². The molecule has 0 aliphatic heterocycles. The summed E-state index contributed by atoms with van der Waals surface area (Å²) in [5.41, 5.74) is -0.151. The highest BCUT2D eigenvalue weighted by Gasteiger charge is 2.33. The first kappa shape index (κ1) is 15.2. The van der Waals surface area contributed by atoms with Crippen LogP contribution in [0.15, 0.2) is 24.3 Å². The average Bonchev–Trinajstić information content (AvgIpc) is 2.47. The molecule has 6 nitrogen and oxygen atoms in total. The highest BCUT2D eigenvalue weighted by molar-refractivity contribution is 6.00. The Bertz CT molecular complexity index is 569. The minimum atomic E-state index is -0.880. The highest BCUT2D eigenvalue weighted by atomic mass is 16.6. The van der Waals surface area contributed by atoms with Crippen LogP contribution in [-0.4, -0.2) is 21.8 Å². The SMILES string of the molecule is O=C(C[C@H]1CCCC[C@@H]1C(=O)O)c1ccccc1[N+](=O)[O-]. The fourth-order valence-electron chi connectivity index (χ4n) is 2.99. The monoisotopic (exact) mass is 291 g/mol. The van der Waals surface area contributed by atoms with Crippen molar-refractivity contribution in [3.63, 3.8) is 0 Å². The lowest BCUT2D eigenvalue weighted by Crippen LogP contribution is -2.28. The van der Waals surface area contributed by atoms with Crippen molar-refractivity contribution in [1.82, 2.24) is 0 Å². The standard InChI is InChI=1S/C15H17NO5/c17-14(12-7-3-4-8-13(12)16(20)21)9-10-5-1-2-6-11(10)15(18)19/h3-4,7-8,10-11H,1-2,5-6,9H2,(H,18,19)/t10-,11+/m1/s1. The van der Waals surface area contributed by atoms with E-state index < -0.39 is 16.8 Å². The van der Waals surface area contributed by atoms with Crippen LogP contribution in [0.5, 0.6) is 0 Å². The maximum atomic E-state index is 12.3. The second-order valence-corrected chi connectivity index (χ2v) is 5.39. The molecule has 1 saturated carbocycles. The molecule has 0 aromatic heterocycles. The molecule has 0 amide bonds. The van der Waals surface area contributed by atoms with Crippen LogP contribution in [0.2, 0.25) is 0 Å². The largest absolute Gasteiger partial charge is 0.481 e. The van der Waals surface area contributed by atoms with Crippen LogP contribution in [0.1, 0.15) is 42.5 Å². The van der Waals surface area contributed by atoms with E-state index in [4.69, 9.17) is 0 Å². The summed E-state index contributed by atoms with van der Waals surface area (Å²) >= 11 is 0. The lowest BCUT2D eigenvalue weighted by Gasteiger charge is -2.27. The lowest BCUT2D eigenvalue weighted by molar-refractivity contribution is -0.385. The molecule has 6 heteroatoms. The molecule has 2 atom stereocenters. The van der Waals surface area contributed by atoms with Crippen LogP contribution in [0.25, 0.3) is 0 Å². The molecule has 0 radical (unpaired) electrons. The predicted molar refractivity (Wildman–Crippen MR) is 75.1 cm³/mol. The molecule has 1 N–H and O–H groups in total. The molecule has 112 valence electrons. The maximum absolute atomic E-state index is 12.3. The summed E-state index contributed by atoms with van der Waals surface area (Å²) in [6.45, 7) is 0. The van der Waals surface area contributed by atoms with Crippen molar-refractivity contribution in [2.75, 3.05) is 0 Å². The number of rotatable bonds is 5. The van der Waals surface area contributed by atoms with Gasteiger partial charge in [-0.25, -0.2) is 0 Å². The number of para-hydroxylation sites is 1. The van der Waals surface area contributed by atoms with Gasteiger partial charge in [-0.3, -0.25) is 19.7 Å². The zero-order valence-electron chi connectivity index (χ0n) is 11.5. The van der Waals surface area contributed by atoms with Crippen molar-refractivity contribution in [2.45, 2.75) is 32.1 Å². The number of carboxylic acid groups (broad SMARTS) is 1. The number of ketones is 1. The second kappa shape index (κ2) is 6.47. The molecule has 1 aromatic rings. The number of nitro groups is 1. The van der Waals surface area contributed by atoms with Gasteiger partial charge in [0.05, 0.1) is 16.4 Å². The number of hydrogen-bond donors (Lipinski definition) is 1. The van der Waals surface area contributed by atoms with Gasteiger partial charge in [0.15, 0.2) is 5.78 Å². The van der Waals surface area contributed by atoms with E-state index in [1.807, 2.05) is 0 Å². The summed E-state index contributed by atoms with van der Waals surface area (Å²) in [6.07, 6.45) is 3.07. The smallest absolute Gasteiger partial charge is 0.306 e. The van der Waals surface area contributed by atoms with Crippen molar-refractivity contribution in [1.29, 1.82) is 0 Å². The van der Waals surface area contributed by atoms with Gasteiger partial charge < -0.3 is 5.11 Å². The van der Waals surface area contributed by atoms with E-state index in [1.54, 1.807) is 6.07 Å². The first-order valence-corrected chi connectivity index (χ1v) is 7.00.